The largest absolute Gasteiger partial charge is 0.490 e. The average Bonchev–Trinajstić information content (AvgIpc) is 3.21. The number of ether oxygens (including phenoxy) is 1. The summed E-state index contributed by atoms with van der Waals surface area (Å²) in [5, 5.41) is 21.7. The molecule has 2 N–H and O–H groups in total. The Morgan fingerprint density at radius 2 is 1.85 bits per heavy atom. The number of amides is 1. The first-order chi connectivity index (χ1) is 15.6. The molecule has 2 aliphatic rings. The van der Waals surface area contributed by atoms with E-state index < -0.39 is 29.3 Å². The van der Waals surface area contributed by atoms with Crippen LogP contribution in [0.25, 0.3) is 0 Å². The maximum Gasteiger partial charge on any atom is 0.416 e. The number of terminal acetylenes is 1. The number of carbonyl (C=O) groups excluding carboxylic acids is 1. The molecule has 3 rings (SSSR count). The van der Waals surface area contributed by atoms with Gasteiger partial charge in [0.15, 0.2) is 0 Å². The number of alkyl halides is 3. The summed E-state index contributed by atoms with van der Waals surface area (Å²) in [7, 11) is 0. The maximum atomic E-state index is 12.9. The van der Waals surface area contributed by atoms with Crippen LogP contribution in [0.4, 0.5) is 13.2 Å². The number of carbonyl (C=O) groups is 2. The molecule has 1 aliphatic carbocycles. The van der Waals surface area contributed by atoms with Gasteiger partial charge >= 0.3 is 12.1 Å². The van der Waals surface area contributed by atoms with Crippen LogP contribution in [-0.2, 0) is 11.0 Å². The van der Waals surface area contributed by atoms with Gasteiger partial charge in [-0.3, -0.25) is 4.79 Å². The molecule has 1 aromatic rings. The molecule has 0 spiro atoms. The molecule has 1 saturated carbocycles. The number of nitriles is 1. The molecule has 1 aromatic carbocycles. The van der Waals surface area contributed by atoms with Crippen molar-refractivity contribution in [3.63, 3.8) is 0 Å². The first-order valence-corrected chi connectivity index (χ1v) is 10.7. The molecule has 0 aromatic heterocycles. The van der Waals surface area contributed by atoms with Crippen molar-refractivity contribution in [1.29, 1.82) is 5.26 Å². The zero-order valence-corrected chi connectivity index (χ0v) is 17.8. The van der Waals surface area contributed by atoms with Gasteiger partial charge in [-0.15, -0.1) is 6.42 Å². The Bertz CT molecular complexity index is 953. The van der Waals surface area contributed by atoms with Crippen molar-refractivity contribution in [1.82, 2.24) is 10.2 Å². The number of halogens is 3. The number of likely N-dealkylation sites (tertiary alicyclic amines) is 1. The molecular formula is C23H24F3N3O4. The number of hydrogen-bond donors (Lipinski definition) is 2. The summed E-state index contributed by atoms with van der Waals surface area (Å²) in [5.74, 6) is 0.739. The van der Waals surface area contributed by atoms with Crippen LogP contribution in [0.2, 0.25) is 0 Å². The summed E-state index contributed by atoms with van der Waals surface area (Å²) in [6.07, 6.45) is 4.01. The Balaban J connectivity index is 1.53. The molecule has 33 heavy (non-hydrogen) atoms. The summed E-state index contributed by atoms with van der Waals surface area (Å²) in [4.78, 5) is 25.5. The van der Waals surface area contributed by atoms with Gasteiger partial charge in [0, 0.05) is 6.04 Å². The van der Waals surface area contributed by atoms with Gasteiger partial charge in [0.2, 0.25) is 5.91 Å². The van der Waals surface area contributed by atoms with Crippen LogP contribution in [0.5, 0.6) is 5.75 Å². The molecule has 176 valence electrons. The number of aromatic carboxylic acids is 1. The van der Waals surface area contributed by atoms with E-state index in [0.29, 0.717) is 44.6 Å². The van der Waals surface area contributed by atoms with Crippen LogP contribution in [-0.4, -0.2) is 52.7 Å². The number of rotatable bonds is 6. The number of nitrogens with one attached hydrogen (secondary N) is 1. The second kappa shape index (κ2) is 10.1. The Morgan fingerprint density at radius 1 is 1.18 bits per heavy atom. The first kappa shape index (κ1) is 24.4. The van der Waals surface area contributed by atoms with E-state index in [1.807, 2.05) is 0 Å². The average molecular weight is 463 g/mol. The molecule has 0 radical (unpaired) electrons. The van der Waals surface area contributed by atoms with Gasteiger partial charge in [0.25, 0.3) is 0 Å². The third-order valence-electron chi connectivity index (χ3n) is 6.06. The minimum absolute atomic E-state index is 0.0211. The highest BCUT2D eigenvalue weighted by molar-refractivity contribution is 5.91. The van der Waals surface area contributed by atoms with Crippen LogP contribution in [0.3, 0.4) is 0 Å². The Kier molecular flexibility index (Phi) is 7.50. The fraction of sp³-hybridized carbons (Fsp3) is 0.522. The Hall–Kier alpha value is -3.24. The molecule has 0 bridgehead atoms. The van der Waals surface area contributed by atoms with Crippen LogP contribution < -0.4 is 10.1 Å². The van der Waals surface area contributed by atoms with Gasteiger partial charge in [-0.05, 0) is 56.7 Å². The van der Waals surface area contributed by atoms with E-state index in [0.717, 1.165) is 12.1 Å². The molecule has 1 heterocycles. The summed E-state index contributed by atoms with van der Waals surface area (Å²) in [5.41, 5.74) is -1.58. The predicted octanol–water partition coefficient (Wildman–Crippen LogP) is 3.20. The molecular weight excluding hydrogens is 439 g/mol. The molecule has 1 saturated heterocycles. The predicted molar refractivity (Wildman–Crippen MR) is 111 cm³/mol. The first-order valence-electron chi connectivity index (χ1n) is 10.7. The number of benzene rings is 1. The lowest BCUT2D eigenvalue weighted by atomic mass is 9.92. The van der Waals surface area contributed by atoms with E-state index in [-0.39, 0.29) is 36.4 Å². The molecule has 1 amide bonds. The second-order valence-corrected chi connectivity index (χ2v) is 8.19. The second-order valence-electron chi connectivity index (χ2n) is 8.19. The van der Waals surface area contributed by atoms with Crippen molar-refractivity contribution in [2.75, 3.05) is 6.54 Å². The minimum Gasteiger partial charge on any atom is -0.490 e. The highest BCUT2D eigenvalue weighted by Crippen LogP contribution is 2.34. The number of hydrogen-bond acceptors (Lipinski definition) is 5. The van der Waals surface area contributed by atoms with Crippen LogP contribution in [0, 0.1) is 23.7 Å². The topological polar surface area (TPSA) is 103 Å². The summed E-state index contributed by atoms with van der Waals surface area (Å²) < 4.78 is 44.4. The van der Waals surface area contributed by atoms with E-state index in [4.69, 9.17) is 11.2 Å². The fourth-order valence-electron chi connectivity index (χ4n) is 4.31. The third-order valence-corrected chi connectivity index (χ3v) is 6.06. The fourth-order valence-corrected chi connectivity index (χ4v) is 4.31. The van der Waals surface area contributed by atoms with E-state index in [1.165, 1.54) is 4.90 Å². The smallest absolute Gasteiger partial charge is 0.416 e. The zero-order chi connectivity index (χ0) is 24.2. The quantitative estimate of drug-likeness (QED) is 0.629. The lowest BCUT2D eigenvalue weighted by Crippen LogP contribution is -2.47. The van der Waals surface area contributed by atoms with E-state index >= 15 is 0 Å². The lowest BCUT2D eigenvalue weighted by Gasteiger charge is -2.31. The van der Waals surface area contributed by atoms with E-state index in [9.17, 15) is 33.1 Å². The van der Waals surface area contributed by atoms with Crippen LogP contribution >= 0.6 is 0 Å². The lowest BCUT2D eigenvalue weighted by molar-refractivity contribution is -0.137. The highest BCUT2D eigenvalue weighted by Gasteiger charge is 2.36. The van der Waals surface area contributed by atoms with Crippen molar-refractivity contribution in [3.8, 4) is 24.2 Å². The van der Waals surface area contributed by atoms with Crippen molar-refractivity contribution < 1.29 is 32.6 Å². The molecule has 7 nitrogen and oxygen atoms in total. The Morgan fingerprint density at radius 3 is 2.42 bits per heavy atom. The van der Waals surface area contributed by atoms with Crippen molar-refractivity contribution in [2.24, 2.45) is 0 Å². The van der Waals surface area contributed by atoms with Gasteiger partial charge in [0.1, 0.15) is 17.4 Å². The standard InChI is InChI=1S/C23H24F3N3O4/c1-2-16-6-7-17(12-27)29(16)21(30)13-28-15-4-8-18(9-5-15)33-20-10-3-14(23(24,25)26)11-19(20)22(31)32/h1,3,10-11,15-18,28H,4-9,13H2,(H,31,32)/t15-,16-,17-,18-/m0/s1. The zero-order valence-electron chi connectivity index (χ0n) is 17.8. The third kappa shape index (κ3) is 5.77. The molecule has 1 aliphatic heterocycles. The van der Waals surface area contributed by atoms with Crippen LogP contribution in [0.1, 0.15) is 54.4 Å². The van der Waals surface area contributed by atoms with Gasteiger partial charge in [0.05, 0.1) is 30.3 Å². The van der Waals surface area contributed by atoms with Gasteiger partial charge in [-0.2, -0.15) is 18.4 Å². The number of carboxylic acids is 1. The molecule has 0 unspecified atom stereocenters. The van der Waals surface area contributed by atoms with Crippen molar-refractivity contribution in [2.45, 2.75) is 68.9 Å². The molecule has 2 atom stereocenters. The number of nitrogens with zero attached hydrogens (tertiary/aromatic N) is 2. The van der Waals surface area contributed by atoms with Gasteiger partial charge < -0.3 is 20.1 Å². The molecule has 2 fully saturated rings. The summed E-state index contributed by atoms with van der Waals surface area (Å²) in [6, 6.07) is 3.66. The van der Waals surface area contributed by atoms with Gasteiger partial charge in [-0.25, -0.2) is 4.79 Å². The van der Waals surface area contributed by atoms with E-state index in [2.05, 4.69) is 17.3 Å². The van der Waals surface area contributed by atoms with Gasteiger partial charge in [-0.1, -0.05) is 5.92 Å². The minimum atomic E-state index is -4.65. The summed E-state index contributed by atoms with van der Waals surface area (Å²) >= 11 is 0. The Labute approximate surface area is 189 Å². The SMILES string of the molecule is C#C[C@H]1CC[C@@H](C#N)N1C(=O)CN[C@H]1CC[C@H](Oc2ccc(C(F)(F)F)cc2C(=O)O)CC1. The van der Waals surface area contributed by atoms with E-state index in [1.54, 1.807) is 0 Å². The molecule has 10 heteroatoms. The van der Waals surface area contributed by atoms with Crippen LogP contribution in [0.15, 0.2) is 18.2 Å². The van der Waals surface area contributed by atoms with Crippen molar-refractivity contribution >= 4 is 11.9 Å². The monoisotopic (exact) mass is 463 g/mol. The highest BCUT2D eigenvalue weighted by atomic mass is 19.4. The maximum absolute atomic E-state index is 12.9. The van der Waals surface area contributed by atoms with Crippen molar-refractivity contribution in [3.05, 3.63) is 29.3 Å². The number of carboxylic acid groups (broad SMARTS) is 1. The normalized spacial score (nSPS) is 25.2. The summed E-state index contributed by atoms with van der Waals surface area (Å²) in [6.45, 7) is 0.0502.